The van der Waals surface area contributed by atoms with Gasteiger partial charge in [0.2, 0.25) is 0 Å². The Morgan fingerprint density at radius 2 is 2.29 bits per heavy atom. The monoisotopic (exact) mass is 200 g/mol. The zero-order chi connectivity index (χ0) is 10.4. The van der Waals surface area contributed by atoms with E-state index >= 15 is 0 Å². The van der Waals surface area contributed by atoms with Gasteiger partial charge in [-0.15, -0.1) is 0 Å². The van der Waals surface area contributed by atoms with Gasteiger partial charge in [0.1, 0.15) is 0 Å². The highest BCUT2D eigenvalue weighted by molar-refractivity contribution is 4.82. The fraction of sp³-hybridized carbons (Fsp3) is 1.00. The molecule has 0 amide bonds. The van der Waals surface area contributed by atoms with Crippen LogP contribution in [0.25, 0.3) is 0 Å². The summed E-state index contributed by atoms with van der Waals surface area (Å²) in [5.41, 5.74) is 5.98. The van der Waals surface area contributed by atoms with Crippen LogP contribution in [0.3, 0.4) is 0 Å². The van der Waals surface area contributed by atoms with Crippen molar-refractivity contribution >= 4 is 0 Å². The quantitative estimate of drug-likeness (QED) is 0.678. The van der Waals surface area contributed by atoms with Gasteiger partial charge in [-0.1, -0.05) is 6.42 Å². The summed E-state index contributed by atoms with van der Waals surface area (Å²) >= 11 is 0. The Hall–Kier alpha value is -0.120. The molecule has 2 unspecified atom stereocenters. The largest absolute Gasteiger partial charge is 0.380 e. The van der Waals surface area contributed by atoms with Crippen molar-refractivity contribution in [3.05, 3.63) is 0 Å². The molecule has 1 fully saturated rings. The molecule has 1 saturated heterocycles. The molecule has 0 aromatic heterocycles. The van der Waals surface area contributed by atoms with Crippen molar-refractivity contribution < 1.29 is 4.74 Å². The van der Waals surface area contributed by atoms with Crippen molar-refractivity contribution in [3.63, 3.8) is 0 Å². The SMILES string of the molecule is CCOCCN1CCCCC1C(C)N. The van der Waals surface area contributed by atoms with Gasteiger partial charge in [-0.3, -0.25) is 4.90 Å². The van der Waals surface area contributed by atoms with Crippen LogP contribution in [-0.4, -0.2) is 43.3 Å². The predicted octanol–water partition coefficient (Wildman–Crippen LogP) is 1.22. The third-order valence-corrected chi connectivity index (χ3v) is 3.00. The van der Waals surface area contributed by atoms with Gasteiger partial charge in [0.05, 0.1) is 6.61 Å². The molecule has 0 radical (unpaired) electrons. The maximum atomic E-state index is 5.98. The number of likely N-dealkylation sites (tertiary alicyclic amines) is 1. The lowest BCUT2D eigenvalue weighted by molar-refractivity contribution is 0.0704. The summed E-state index contributed by atoms with van der Waals surface area (Å²) < 4.78 is 5.38. The average molecular weight is 200 g/mol. The molecule has 0 bridgehead atoms. The van der Waals surface area contributed by atoms with Crippen LogP contribution >= 0.6 is 0 Å². The molecule has 1 rings (SSSR count). The topological polar surface area (TPSA) is 38.5 Å². The molecule has 3 heteroatoms. The van der Waals surface area contributed by atoms with Crippen LogP contribution in [0.1, 0.15) is 33.1 Å². The molecule has 1 aliphatic heterocycles. The lowest BCUT2D eigenvalue weighted by atomic mass is 9.97. The number of piperidine rings is 1. The van der Waals surface area contributed by atoms with Gasteiger partial charge < -0.3 is 10.5 Å². The molecule has 1 heterocycles. The Balaban J connectivity index is 2.30. The van der Waals surface area contributed by atoms with Gasteiger partial charge in [0.15, 0.2) is 0 Å². The first kappa shape index (κ1) is 12.0. The summed E-state index contributed by atoms with van der Waals surface area (Å²) in [4.78, 5) is 2.49. The maximum Gasteiger partial charge on any atom is 0.0593 e. The molecular formula is C11H24N2O. The molecular weight excluding hydrogens is 176 g/mol. The highest BCUT2D eigenvalue weighted by Gasteiger charge is 2.24. The predicted molar refractivity (Wildman–Crippen MR) is 59.4 cm³/mol. The summed E-state index contributed by atoms with van der Waals surface area (Å²) in [6.07, 6.45) is 3.90. The van der Waals surface area contributed by atoms with Crippen molar-refractivity contribution in [2.45, 2.75) is 45.2 Å². The molecule has 2 N–H and O–H groups in total. The van der Waals surface area contributed by atoms with Gasteiger partial charge >= 0.3 is 0 Å². The number of nitrogens with two attached hydrogens (primary N) is 1. The zero-order valence-corrected chi connectivity index (χ0v) is 9.54. The Bertz CT molecular complexity index is 150. The van der Waals surface area contributed by atoms with E-state index in [9.17, 15) is 0 Å². The van der Waals surface area contributed by atoms with Crippen LogP contribution in [-0.2, 0) is 4.74 Å². The summed E-state index contributed by atoms with van der Waals surface area (Å²) in [6.45, 7) is 8.05. The van der Waals surface area contributed by atoms with E-state index in [1.807, 2.05) is 6.92 Å². The molecule has 14 heavy (non-hydrogen) atoms. The number of ether oxygens (including phenoxy) is 1. The molecule has 0 aromatic carbocycles. The molecule has 0 aliphatic carbocycles. The minimum atomic E-state index is 0.289. The highest BCUT2D eigenvalue weighted by Crippen LogP contribution is 2.18. The van der Waals surface area contributed by atoms with Gasteiger partial charge in [-0.05, 0) is 33.2 Å². The van der Waals surface area contributed by atoms with E-state index in [0.717, 1.165) is 19.8 Å². The lowest BCUT2D eigenvalue weighted by Gasteiger charge is -2.37. The molecule has 0 spiro atoms. The Kier molecular flexibility index (Phi) is 5.45. The van der Waals surface area contributed by atoms with Crippen molar-refractivity contribution in [2.75, 3.05) is 26.3 Å². The Morgan fingerprint density at radius 1 is 1.50 bits per heavy atom. The Labute approximate surface area is 87.6 Å². The molecule has 0 aromatic rings. The van der Waals surface area contributed by atoms with E-state index in [0.29, 0.717) is 6.04 Å². The lowest BCUT2D eigenvalue weighted by Crippen LogP contribution is -2.50. The first-order chi connectivity index (χ1) is 6.75. The number of hydrogen-bond acceptors (Lipinski definition) is 3. The van der Waals surface area contributed by atoms with Crippen LogP contribution in [0.2, 0.25) is 0 Å². The minimum absolute atomic E-state index is 0.289. The summed E-state index contributed by atoms with van der Waals surface area (Å²) in [5.74, 6) is 0. The molecule has 0 saturated carbocycles. The second-order valence-corrected chi connectivity index (χ2v) is 4.16. The van der Waals surface area contributed by atoms with Crippen LogP contribution in [0.5, 0.6) is 0 Å². The molecule has 1 aliphatic rings. The van der Waals surface area contributed by atoms with Gasteiger partial charge in [0.25, 0.3) is 0 Å². The highest BCUT2D eigenvalue weighted by atomic mass is 16.5. The maximum absolute atomic E-state index is 5.98. The minimum Gasteiger partial charge on any atom is -0.380 e. The normalized spacial score (nSPS) is 26.4. The van der Waals surface area contributed by atoms with Gasteiger partial charge in [-0.2, -0.15) is 0 Å². The summed E-state index contributed by atoms with van der Waals surface area (Å²) in [6, 6.07) is 0.862. The van der Waals surface area contributed by atoms with Crippen LogP contribution < -0.4 is 5.73 Å². The molecule has 2 atom stereocenters. The van der Waals surface area contributed by atoms with Crippen LogP contribution in [0, 0.1) is 0 Å². The molecule has 84 valence electrons. The smallest absolute Gasteiger partial charge is 0.0593 e. The first-order valence-electron chi connectivity index (χ1n) is 5.83. The van der Waals surface area contributed by atoms with E-state index in [2.05, 4.69) is 11.8 Å². The van der Waals surface area contributed by atoms with E-state index in [4.69, 9.17) is 10.5 Å². The average Bonchev–Trinajstić information content (AvgIpc) is 2.19. The first-order valence-corrected chi connectivity index (χ1v) is 5.83. The number of hydrogen-bond donors (Lipinski definition) is 1. The fourth-order valence-electron chi connectivity index (χ4n) is 2.22. The summed E-state index contributed by atoms with van der Waals surface area (Å²) in [5, 5.41) is 0. The third kappa shape index (κ3) is 3.56. The second-order valence-electron chi connectivity index (χ2n) is 4.16. The van der Waals surface area contributed by atoms with E-state index in [1.165, 1.54) is 25.8 Å². The number of nitrogens with zero attached hydrogens (tertiary/aromatic N) is 1. The van der Waals surface area contributed by atoms with Crippen LogP contribution in [0.15, 0.2) is 0 Å². The summed E-state index contributed by atoms with van der Waals surface area (Å²) in [7, 11) is 0. The van der Waals surface area contributed by atoms with Gasteiger partial charge in [-0.25, -0.2) is 0 Å². The van der Waals surface area contributed by atoms with Crippen molar-refractivity contribution in [1.29, 1.82) is 0 Å². The fourth-order valence-corrected chi connectivity index (χ4v) is 2.22. The van der Waals surface area contributed by atoms with E-state index in [1.54, 1.807) is 0 Å². The zero-order valence-electron chi connectivity index (χ0n) is 9.54. The van der Waals surface area contributed by atoms with Crippen molar-refractivity contribution in [2.24, 2.45) is 5.73 Å². The number of rotatable bonds is 5. The van der Waals surface area contributed by atoms with Crippen LogP contribution in [0.4, 0.5) is 0 Å². The molecule has 3 nitrogen and oxygen atoms in total. The second kappa shape index (κ2) is 6.38. The van der Waals surface area contributed by atoms with E-state index < -0.39 is 0 Å². The van der Waals surface area contributed by atoms with E-state index in [-0.39, 0.29) is 6.04 Å². The third-order valence-electron chi connectivity index (χ3n) is 3.00. The van der Waals surface area contributed by atoms with Gasteiger partial charge in [0, 0.05) is 25.2 Å². The van der Waals surface area contributed by atoms with Crippen molar-refractivity contribution in [1.82, 2.24) is 4.90 Å². The standard InChI is InChI=1S/C11H24N2O/c1-3-14-9-8-13-7-5-4-6-11(13)10(2)12/h10-11H,3-9,12H2,1-2H3. The Morgan fingerprint density at radius 3 is 2.93 bits per heavy atom. The van der Waals surface area contributed by atoms with Crippen molar-refractivity contribution in [3.8, 4) is 0 Å².